The molecule has 9 nitrogen and oxygen atoms in total. The summed E-state index contributed by atoms with van der Waals surface area (Å²) in [5.74, 6) is 0.861. The molecule has 2 aliphatic carbocycles. The number of pyridine rings is 1. The van der Waals surface area contributed by atoms with Crippen LogP contribution in [0.1, 0.15) is 49.9 Å². The summed E-state index contributed by atoms with van der Waals surface area (Å²) < 4.78 is 54.2. The van der Waals surface area contributed by atoms with E-state index in [4.69, 9.17) is 9.47 Å². The molecule has 0 N–H and O–H groups in total. The van der Waals surface area contributed by atoms with Crippen molar-refractivity contribution >= 4 is 37.6 Å². The van der Waals surface area contributed by atoms with E-state index in [0.717, 1.165) is 15.1 Å². The van der Waals surface area contributed by atoms with Gasteiger partial charge < -0.3 is 9.47 Å². The fourth-order valence-electron chi connectivity index (χ4n) is 6.49. The predicted molar refractivity (Wildman–Crippen MR) is 144 cm³/mol. The molecule has 2 bridgehead atoms. The number of benzene rings is 1. The van der Waals surface area contributed by atoms with Crippen LogP contribution in [-0.4, -0.2) is 52.3 Å². The van der Waals surface area contributed by atoms with Crippen molar-refractivity contribution in [1.29, 1.82) is 0 Å². The van der Waals surface area contributed by atoms with Crippen LogP contribution in [-0.2, 0) is 31.4 Å². The van der Waals surface area contributed by atoms with E-state index in [0.29, 0.717) is 41.1 Å². The van der Waals surface area contributed by atoms with Crippen LogP contribution in [0.25, 0.3) is 11.0 Å². The highest BCUT2D eigenvalue weighted by molar-refractivity contribution is 7.91. The third-order valence-electron chi connectivity index (χ3n) is 8.80. The number of ketones is 1. The summed E-state index contributed by atoms with van der Waals surface area (Å²) in [5, 5.41) is -0.0675. The van der Waals surface area contributed by atoms with Gasteiger partial charge in [0, 0.05) is 35.7 Å². The van der Waals surface area contributed by atoms with E-state index in [1.54, 1.807) is 31.5 Å². The quantitative estimate of drug-likeness (QED) is 0.407. The molecular weight excluding hydrogens is 526 g/mol. The topological polar surface area (TPSA) is 117 Å². The van der Waals surface area contributed by atoms with Crippen molar-refractivity contribution in [3.8, 4) is 11.5 Å². The molecule has 3 aromatic rings. The van der Waals surface area contributed by atoms with Crippen molar-refractivity contribution in [3.63, 3.8) is 0 Å². The maximum atomic E-state index is 14.2. The highest BCUT2D eigenvalue weighted by Crippen LogP contribution is 2.64. The van der Waals surface area contributed by atoms with Gasteiger partial charge in [0.2, 0.25) is 15.2 Å². The molecule has 5 rings (SSSR count). The van der Waals surface area contributed by atoms with Gasteiger partial charge >= 0.3 is 0 Å². The maximum absolute atomic E-state index is 14.2. The SMILES string of the molecule is COc1ccc2nc([S@@](=O)Cc3ncc(C)c(OC)c3C)n(S(=O)(=O)C[C@]34CCC(C(=O)C3)C4(C)C)c2c1. The molecule has 3 atom stereocenters. The molecular formula is C27H33N3O6S2. The monoisotopic (exact) mass is 559 g/mol. The zero-order valence-electron chi connectivity index (χ0n) is 22.5. The van der Waals surface area contributed by atoms with Gasteiger partial charge in [0.05, 0.1) is 53.3 Å². The summed E-state index contributed by atoms with van der Waals surface area (Å²) in [5.41, 5.74) is 1.71. The first kappa shape index (κ1) is 26.8. The molecule has 0 radical (unpaired) electrons. The highest BCUT2D eigenvalue weighted by Gasteiger charge is 2.64. The van der Waals surface area contributed by atoms with Crippen LogP contribution < -0.4 is 9.47 Å². The number of imidazole rings is 1. The molecule has 11 heteroatoms. The lowest BCUT2D eigenvalue weighted by Crippen LogP contribution is -2.39. The highest BCUT2D eigenvalue weighted by atomic mass is 32.2. The minimum atomic E-state index is -4.08. The summed E-state index contributed by atoms with van der Waals surface area (Å²) >= 11 is 0. The van der Waals surface area contributed by atoms with Gasteiger partial charge in [-0.05, 0) is 49.7 Å². The molecule has 1 unspecified atom stereocenters. The second kappa shape index (κ2) is 9.15. The van der Waals surface area contributed by atoms with E-state index < -0.39 is 31.7 Å². The van der Waals surface area contributed by atoms with E-state index in [1.807, 2.05) is 27.7 Å². The Morgan fingerprint density at radius 2 is 1.92 bits per heavy atom. The lowest BCUT2D eigenvalue weighted by atomic mass is 9.71. The lowest BCUT2D eigenvalue weighted by molar-refractivity contribution is -0.122. The van der Waals surface area contributed by atoms with E-state index in [2.05, 4.69) is 9.97 Å². The van der Waals surface area contributed by atoms with E-state index in [1.165, 1.54) is 7.11 Å². The summed E-state index contributed by atoms with van der Waals surface area (Å²) in [7, 11) is -2.86. The van der Waals surface area contributed by atoms with Gasteiger partial charge in [-0.2, -0.15) is 0 Å². The standard InChI is InChI=1S/C27H33N3O6S2/c1-16-13-28-21(17(2)24(16)36-6)14-37(32)25-29-20-8-7-18(35-5)11-22(20)30(25)38(33,34)15-27-10-9-19(23(31)12-27)26(27,3)4/h7-8,11,13,19H,9-10,12,14-15H2,1-6H3/t19?,27-,37-/m0/s1. The molecule has 0 spiro atoms. The minimum absolute atomic E-state index is 0.0321. The van der Waals surface area contributed by atoms with Gasteiger partial charge in [0.1, 0.15) is 17.3 Å². The van der Waals surface area contributed by atoms with Crippen molar-refractivity contribution in [2.75, 3.05) is 20.0 Å². The Morgan fingerprint density at radius 3 is 2.53 bits per heavy atom. The van der Waals surface area contributed by atoms with Gasteiger partial charge in [-0.15, -0.1) is 0 Å². The van der Waals surface area contributed by atoms with Crippen LogP contribution in [0.2, 0.25) is 0 Å². The van der Waals surface area contributed by atoms with E-state index >= 15 is 0 Å². The Labute approximate surface area is 225 Å². The number of carbonyl (C=O) groups excluding carboxylic acids is 1. The number of carbonyl (C=O) groups is 1. The number of hydrogen-bond acceptors (Lipinski definition) is 8. The largest absolute Gasteiger partial charge is 0.497 e. The third-order valence-corrected chi connectivity index (χ3v) is 12.0. The molecule has 2 heterocycles. The van der Waals surface area contributed by atoms with Crippen molar-refractivity contribution in [1.82, 2.24) is 13.9 Å². The molecule has 2 aromatic heterocycles. The second-order valence-electron chi connectivity index (χ2n) is 11.0. The number of nitrogens with zero attached hydrogens (tertiary/aromatic N) is 3. The first-order valence-corrected chi connectivity index (χ1v) is 15.5. The van der Waals surface area contributed by atoms with Crippen LogP contribution in [0.3, 0.4) is 0 Å². The summed E-state index contributed by atoms with van der Waals surface area (Å²) in [6.45, 7) is 7.71. The zero-order valence-corrected chi connectivity index (χ0v) is 24.2. The lowest BCUT2D eigenvalue weighted by Gasteiger charge is -2.37. The molecule has 0 aliphatic heterocycles. The Kier molecular flexibility index (Phi) is 6.45. The van der Waals surface area contributed by atoms with Crippen molar-refractivity contribution in [3.05, 3.63) is 41.2 Å². The Morgan fingerprint density at radius 1 is 1.18 bits per heavy atom. The van der Waals surface area contributed by atoms with Crippen LogP contribution in [0.15, 0.2) is 29.6 Å². The number of aryl methyl sites for hydroxylation is 1. The first-order chi connectivity index (χ1) is 17.8. The van der Waals surface area contributed by atoms with Gasteiger partial charge in [-0.1, -0.05) is 13.8 Å². The molecule has 204 valence electrons. The van der Waals surface area contributed by atoms with Crippen molar-refractivity contribution in [2.45, 2.75) is 57.9 Å². The van der Waals surface area contributed by atoms with Gasteiger partial charge in [0.15, 0.2) is 0 Å². The van der Waals surface area contributed by atoms with Gasteiger partial charge in [-0.3, -0.25) is 14.0 Å². The van der Waals surface area contributed by atoms with Crippen LogP contribution in [0.5, 0.6) is 11.5 Å². The average Bonchev–Trinajstić information content (AvgIpc) is 3.41. The zero-order chi connectivity index (χ0) is 27.6. The molecule has 0 saturated heterocycles. The predicted octanol–water partition coefficient (Wildman–Crippen LogP) is 3.95. The fraction of sp³-hybridized carbons (Fsp3) is 0.519. The van der Waals surface area contributed by atoms with Gasteiger partial charge in [-0.25, -0.2) is 17.4 Å². The number of aromatic nitrogens is 3. The average molecular weight is 560 g/mol. The third kappa shape index (κ3) is 3.97. The number of fused-ring (bicyclic) bond motifs is 3. The maximum Gasteiger partial charge on any atom is 0.241 e. The van der Waals surface area contributed by atoms with Crippen LogP contribution >= 0.6 is 0 Å². The molecule has 2 saturated carbocycles. The number of Topliss-reactive ketones (excluding diaryl/α,β-unsaturated/α-hetero) is 1. The Balaban J connectivity index is 1.62. The van der Waals surface area contributed by atoms with Crippen molar-refractivity contribution in [2.24, 2.45) is 16.7 Å². The van der Waals surface area contributed by atoms with E-state index in [-0.39, 0.29) is 34.8 Å². The minimum Gasteiger partial charge on any atom is -0.497 e. The normalized spacial score (nSPS) is 23.2. The number of rotatable bonds is 8. The fourth-order valence-corrected chi connectivity index (χ4v) is 10.4. The van der Waals surface area contributed by atoms with Crippen LogP contribution in [0.4, 0.5) is 0 Å². The van der Waals surface area contributed by atoms with Gasteiger partial charge in [0.25, 0.3) is 0 Å². The second-order valence-corrected chi connectivity index (χ2v) is 14.2. The number of hydrogen-bond donors (Lipinski definition) is 0. The number of methoxy groups -OCH3 is 2. The Hall–Kier alpha value is -2.79. The molecule has 1 aromatic carbocycles. The summed E-state index contributed by atoms with van der Waals surface area (Å²) in [6.07, 6.45) is 3.25. The Bertz CT molecular complexity index is 1590. The smallest absolute Gasteiger partial charge is 0.241 e. The molecule has 2 fully saturated rings. The van der Waals surface area contributed by atoms with E-state index in [9.17, 15) is 17.4 Å². The summed E-state index contributed by atoms with van der Waals surface area (Å²) in [4.78, 5) is 21.7. The number of ether oxygens (including phenoxy) is 2. The first-order valence-electron chi connectivity index (χ1n) is 12.5. The molecule has 38 heavy (non-hydrogen) atoms. The summed E-state index contributed by atoms with van der Waals surface area (Å²) in [6, 6.07) is 4.94. The molecule has 0 amide bonds. The molecule has 2 aliphatic rings. The van der Waals surface area contributed by atoms with Crippen LogP contribution in [0, 0.1) is 30.6 Å². The van der Waals surface area contributed by atoms with Crippen molar-refractivity contribution < 1.29 is 26.9 Å².